The van der Waals surface area contributed by atoms with E-state index in [0.717, 1.165) is 30.9 Å². The van der Waals surface area contributed by atoms with Gasteiger partial charge in [-0.1, -0.05) is 36.7 Å². The lowest BCUT2D eigenvalue weighted by Crippen LogP contribution is -2.22. The van der Waals surface area contributed by atoms with E-state index in [2.05, 4.69) is 17.9 Å². The molecule has 0 aliphatic heterocycles. The maximum absolute atomic E-state index is 13.1. The summed E-state index contributed by atoms with van der Waals surface area (Å²) in [6.07, 6.45) is 0. The van der Waals surface area contributed by atoms with Crippen molar-refractivity contribution in [1.82, 2.24) is 4.90 Å². The molecule has 0 fully saturated rings. The second-order valence-electron chi connectivity index (χ2n) is 4.80. The minimum atomic E-state index is -0.380. The molecule has 2 rings (SSSR count). The van der Waals surface area contributed by atoms with Crippen molar-refractivity contribution in [3.05, 3.63) is 64.4 Å². The fourth-order valence-electron chi connectivity index (χ4n) is 2.13. The normalized spacial score (nSPS) is 11.0. The van der Waals surface area contributed by atoms with E-state index in [9.17, 15) is 4.39 Å². The molecule has 2 aromatic carbocycles. The molecule has 0 saturated carbocycles. The molecular weight excluding hydrogens is 275 g/mol. The van der Waals surface area contributed by atoms with E-state index in [4.69, 9.17) is 17.3 Å². The van der Waals surface area contributed by atoms with Crippen LogP contribution in [0.3, 0.4) is 0 Å². The number of nitrogens with zero attached hydrogens (tertiary/aromatic N) is 1. The maximum atomic E-state index is 13.1. The number of hydrogen-bond acceptors (Lipinski definition) is 2. The van der Waals surface area contributed by atoms with Crippen molar-refractivity contribution in [1.29, 1.82) is 0 Å². The molecule has 2 nitrogen and oxygen atoms in total. The van der Waals surface area contributed by atoms with E-state index >= 15 is 0 Å². The Morgan fingerprint density at radius 3 is 2.40 bits per heavy atom. The van der Waals surface area contributed by atoms with Crippen molar-refractivity contribution in [3.63, 3.8) is 0 Å². The lowest BCUT2D eigenvalue weighted by molar-refractivity contribution is 0.271. The average molecular weight is 293 g/mol. The zero-order valence-corrected chi connectivity index (χ0v) is 12.2. The standard InChI is InChI=1S/C16H18ClFN2/c1-2-20(10-12-4-3-5-14(19)8-12)11-13-6-7-16(18)15(17)9-13/h3-9H,2,10-11,19H2,1H3. The van der Waals surface area contributed by atoms with E-state index in [-0.39, 0.29) is 10.8 Å². The molecule has 2 aromatic rings. The van der Waals surface area contributed by atoms with Gasteiger partial charge in [0.1, 0.15) is 5.82 Å². The number of nitrogen functional groups attached to an aromatic ring is 1. The highest BCUT2D eigenvalue weighted by Gasteiger charge is 2.07. The molecule has 0 heterocycles. The topological polar surface area (TPSA) is 29.3 Å². The van der Waals surface area contributed by atoms with Crippen molar-refractivity contribution in [2.75, 3.05) is 12.3 Å². The molecule has 0 aromatic heterocycles. The van der Waals surface area contributed by atoms with Crippen LogP contribution < -0.4 is 5.73 Å². The van der Waals surface area contributed by atoms with Crippen LogP contribution in [0.25, 0.3) is 0 Å². The molecule has 0 unspecified atom stereocenters. The second kappa shape index (κ2) is 6.73. The van der Waals surface area contributed by atoms with Gasteiger partial charge in [0.05, 0.1) is 5.02 Å². The van der Waals surface area contributed by atoms with Crippen molar-refractivity contribution in [2.45, 2.75) is 20.0 Å². The summed E-state index contributed by atoms with van der Waals surface area (Å²) in [6, 6.07) is 12.7. The lowest BCUT2D eigenvalue weighted by Gasteiger charge is -2.21. The first-order valence-corrected chi connectivity index (χ1v) is 6.97. The summed E-state index contributed by atoms with van der Waals surface area (Å²) < 4.78 is 13.1. The van der Waals surface area contributed by atoms with Crippen LogP contribution >= 0.6 is 11.6 Å². The quantitative estimate of drug-likeness (QED) is 0.841. The predicted octanol–water partition coefficient (Wildman–Crippen LogP) is 4.08. The number of halogens is 2. The first-order chi connectivity index (χ1) is 9.58. The summed E-state index contributed by atoms with van der Waals surface area (Å²) in [4.78, 5) is 2.25. The number of nitrogens with two attached hydrogens (primary N) is 1. The molecule has 4 heteroatoms. The first-order valence-electron chi connectivity index (χ1n) is 6.59. The van der Waals surface area contributed by atoms with Crippen LogP contribution in [0.1, 0.15) is 18.1 Å². The van der Waals surface area contributed by atoms with Gasteiger partial charge in [-0.25, -0.2) is 4.39 Å². The van der Waals surface area contributed by atoms with Crippen molar-refractivity contribution < 1.29 is 4.39 Å². The summed E-state index contributed by atoms with van der Waals surface area (Å²) in [6.45, 7) is 4.52. The third kappa shape index (κ3) is 3.95. The third-order valence-corrected chi connectivity index (χ3v) is 3.48. The van der Waals surface area contributed by atoms with Crippen LogP contribution in [-0.2, 0) is 13.1 Å². The van der Waals surface area contributed by atoms with E-state index < -0.39 is 0 Å². The molecule has 0 saturated heterocycles. The molecule has 0 amide bonds. The van der Waals surface area contributed by atoms with E-state index in [0.29, 0.717) is 0 Å². The zero-order valence-electron chi connectivity index (χ0n) is 11.4. The van der Waals surface area contributed by atoms with Crippen molar-refractivity contribution in [2.24, 2.45) is 0 Å². The zero-order chi connectivity index (χ0) is 14.5. The van der Waals surface area contributed by atoms with Gasteiger partial charge in [-0.2, -0.15) is 0 Å². The highest BCUT2D eigenvalue weighted by Crippen LogP contribution is 2.18. The summed E-state index contributed by atoms with van der Waals surface area (Å²) in [5.41, 5.74) is 8.72. The predicted molar refractivity (Wildman–Crippen MR) is 82.1 cm³/mol. The number of hydrogen-bond donors (Lipinski definition) is 1. The Kier molecular flexibility index (Phi) is 4.99. The number of rotatable bonds is 5. The van der Waals surface area contributed by atoms with Gasteiger partial charge < -0.3 is 5.73 Å². The minimum Gasteiger partial charge on any atom is -0.399 e. The fraction of sp³-hybridized carbons (Fsp3) is 0.250. The Hall–Kier alpha value is -1.58. The molecule has 0 spiro atoms. The minimum absolute atomic E-state index is 0.169. The van der Waals surface area contributed by atoms with Crippen LogP contribution in [0.4, 0.5) is 10.1 Å². The monoisotopic (exact) mass is 292 g/mol. The van der Waals surface area contributed by atoms with Crippen molar-refractivity contribution >= 4 is 17.3 Å². The SMILES string of the molecule is CCN(Cc1cccc(N)c1)Cc1ccc(F)c(Cl)c1. The molecule has 0 bridgehead atoms. The Morgan fingerprint density at radius 2 is 1.80 bits per heavy atom. The lowest BCUT2D eigenvalue weighted by atomic mass is 10.1. The van der Waals surface area contributed by atoms with Gasteiger partial charge in [-0.05, 0) is 41.9 Å². The molecule has 0 radical (unpaired) electrons. The Balaban J connectivity index is 2.07. The highest BCUT2D eigenvalue weighted by molar-refractivity contribution is 6.30. The first kappa shape index (κ1) is 14.8. The van der Waals surface area contributed by atoms with Gasteiger partial charge in [-0.15, -0.1) is 0 Å². The van der Waals surface area contributed by atoms with Crippen LogP contribution in [0.5, 0.6) is 0 Å². The van der Waals surface area contributed by atoms with Crippen LogP contribution in [0, 0.1) is 5.82 Å². The summed E-state index contributed by atoms with van der Waals surface area (Å²) in [5, 5.41) is 0.169. The molecule has 0 aliphatic carbocycles. The van der Waals surface area contributed by atoms with Gasteiger partial charge in [0.2, 0.25) is 0 Å². The second-order valence-corrected chi connectivity index (χ2v) is 5.20. The van der Waals surface area contributed by atoms with Crippen LogP contribution in [-0.4, -0.2) is 11.4 Å². The van der Waals surface area contributed by atoms with Gasteiger partial charge in [0.15, 0.2) is 0 Å². The summed E-state index contributed by atoms with van der Waals surface area (Å²) in [7, 11) is 0. The smallest absolute Gasteiger partial charge is 0.141 e. The molecule has 106 valence electrons. The van der Waals surface area contributed by atoms with E-state index in [1.807, 2.05) is 18.2 Å². The molecule has 20 heavy (non-hydrogen) atoms. The highest BCUT2D eigenvalue weighted by atomic mass is 35.5. The number of anilines is 1. The summed E-state index contributed by atoms with van der Waals surface area (Å²) in [5.74, 6) is -0.380. The van der Waals surface area contributed by atoms with E-state index in [1.54, 1.807) is 12.1 Å². The summed E-state index contributed by atoms with van der Waals surface area (Å²) >= 11 is 5.81. The molecule has 2 N–H and O–H groups in total. The van der Waals surface area contributed by atoms with Gasteiger partial charge >= 0.3 is 0 Å². The van der Waals surface area contributed by atoms with Crippen molar-refractivity contribution in [3.8, 4) is 0 Å². The fourth-order valence-corrected chi connectivity index (χ4v) is 2.33. The Bertz CT molecular complexity index is 586. The number of benzene rings is 2. The third-order valence-electron chi connectivity index (χ3n) is 3.19. The Morgan fingerprint density at radius 1 is 1.10 bits per heavy atom. The maximum Gasteiger partial charge on any atom is 0.141 e. The van der Waals surface area contributed by atoms with Gasteiger partial charge in [0, 0.05) is 18.8 Å². The molecule has 0 atom stereocenters. The van der Waals surface area contributed by atoms with Crippen LogP contribution in [0.15, 0.2) is 42.5 Å². The molecule has 0 aliphatic rings. The largest absolute Gasteiger partial charge is 0.399 e. The van der Waals surface area contributed by atoms with Gasteiger partial charge in [-0.3, -0.25) is 4.90 Å². The Labute approximate surface area is 124 Å². The molecular formula is C16H18ClFN2. The van der Waals surface area contributed by atoms with Crippen LogP contribution in [0.2, 0.25) is 5.02 Å². The average Bonchev–Trinajstić information content (AvgIpc) is 2.42. The van der Waals surface area contributed by atoms with E-state index in [1.165, 1.54) is 11.6 Å². The van der Waals surface area contributed by atoms with Gasteiger partial charge in [0.25, 0.3) is 0 Å².